The van der Waals surface area contributed by atoms with Gasteiger partial charge in [-0.05, 0) is 56.7 Å². The molecule has 1 spiro atoms. The standard InChI is InChI=1S/C23H27FN4O2/c24-17-6-3-5-16(13-17)21(29)28-12-10-23(15-28)9-1-2-11-27(14-23)22(30)20-18-7-4-8-19(18)25-26-20/h3,5-6,13H,1-2,4,7-12,14-15H2,(H,25,26). The zero-order valence-electron chi connectivity index (χ0n) is 17.1. The fourth-order valence-corrected chi connectivity index (χ4v) is 5.43. The number of hydrogen-bond donors (Lipinski definition) is 1. The molecule has 2 aromatic rings. The normalized spacial score (nSPS) is 23.6. The van der Waals surface area contributed by atoms with Gasteiger partial charge in [0.05, 0.1) is 0 Å². The molecule has 1 aromatic heterocycles. The molecule has 0 bridgehead atoms. The van der Waals surface area contributed by atoms with Gasteiger partial charge in [-0.3, -0.25) is 14.7 Å². The Morgan fingerprint density at radius 3 is 2.67 bits per heavy atom. The van der Waals surface area contributed by atoms with Crippen molar-refractivity contribution >= 4 is 11.8 Å². The number of aromatic nitrogens is 2. The van der Waals surface area contributed by atoms with Crippen LogP contribution >= 0.6 is 0 Å². The van der Waals surface area contributed by atoms with Crippen LogP contribution in [0.3, 0.4) is 0 Å². The summed E-state index contributed by atoms with van der Waals surface area (Å²) in [6, 6.07) is 5.89. The summed E-state index contributed by atoms with van der Waals surface area (Å²) < 4.78 is 13.6. The van der Waals surface area contributed by atoms with Crippen molar-refractivity contribution in [1.82, 2.24) is 20.0 Å². The minimum Gasteiger partial charge on any atom is -0.338 e. The van der Waals surface area contributed by atoms with Gasteiger partial charge in [0.1, 0.15) is 5.82 Å². The van der Waals surface area contributed by atoms with Crippen LogP contribution in [-0.2, 0) is 12.8 Å². The molecule has 1 aromatic carbocycles. The number of nitrogens with one attached hydrogen (secondary N) is 1. The second-order valence-corrected chi connectivity index (χ2v) is 9.05. The molecule has 0 saturated carbocycles. The Balaban J connectivity index is 1.33. The molecule has 2 amide bonds. The van der Waals surface area contributed by atoms with E-state index < -0.39 is 5.82 Å². The number of halogens is 1. The number of amides is 2. The summed E-state index contributed by atoms with van der Waals surface area (Å²) in [5, 5.41) is 7.38. The fraction of sp³-hybridized carbons (Fsp3) is 0.522. The lowest BCUT2D eigenvalue weighted by atomic mass is 9.82. The maximum atomic E-state index is 13.6. The number of H-pyrrole nitrogens is 1. The number of rotatable bonds is 2. The molecule has 2 fully saturated rings. The average Bonchev–Trinajstić information content (AvgIpc) is 3.42. The SMILES string of the molecule is O=C(c1cccc(F)c1)N1CCC2(CCCCN(C(=O)c3n[nH]c4c3CCC4)C2)C1. The number of carbonyl (C=O) groups is 2. The van der Waals surface area contributed by atoms with Gasteiger partial charge in [0.25, 0.3) is 11.8 Å². The topological polar surface area (TPSA) is 69.3 Å². The number of hydrogen-bond acceptors (Lipinski definition) is 3. The molecule has 1 aliphatic carbocycles. The van der Waals surface area contributed by atoms with Crippen LogP contribution in [0.1, 0.15) is 64.2 Å². The summed E-state index contributed by atoms with van der Waals surface area (Å²) in [4.78, 5) is 30.0. The predicted molar refractivity (Wildman–Crippen MR) is 110 cm³/mol. The van der Waals surface area contributed by atoms with Gasteiger partial charge < -0.3 is 9.80 Å². The molecular formula is C23H27FN4O2. The van der Waals surface area contributed by atoms with Crippen LogP contribution in [0.2, 0.25) is 0 Å². The number of aromatic amines is 1. The minimum absolute atomic E-state index is 0.0191. The van der Waals surface area contributed by atoms with E-state index in [0.29, 0.717) is 30.9 Å². The molecule has 1 unspecified atom stereocenters. The summed E-state index contributed by atoms with van der Waals surface area (Å²) in [5.41, 5.74) is 3.09. The van der Waals surface area contributed by atoms with Crippen molar-refractivity contribution in [3.8, 4) is 0 Å². The lowest BCUT2D eigenvalue weighted by Crippen LogP contribution is -2.42. The van der Waals surface area contributed by atoms with Gasteiger partial charge in [-0.15, -0.1) is 0 Å². The van der Waals surface area contributed by atoms with Gasteiger partial charge in [-0.2, -0.15) is 5.10 Å². The van der Waals surface area contributed by atoms with E-state index in [1.54, 1.807) is 12.1 Å². The molecule has 5 rings (SSSR count). The number of aryl methyl sites for hydroxylation is 1. The van der Waals surface area contributed by atoms with Crippen LogP contribution < -0.4 is 0 Å². The molecule has 1 N–H and O–H groups in total. The number of fused-ring (bicyclic) bond motifs is 1. The van der Waals surface area contributed by atoms with Crippen LogP contribution in [-0.4, -0.2) is 58.0 Å². The van der Waals surface area contributed by atoms with Crippen molar-refractivity contribution in [2.45, 2.75) is 44.9 Å². The van der Waals surface area contributed by atoms with E-state index in [0.717, 1.165) is 62.7 Å². The summed E-state index contributed by atoms with van der Waals surface area (Å²) in [7, 11) is 0. The van der Waals surface area contributed by atoms with Gasteiger partial charge >= 0.3 is 0 Å². The van der Waals surface area contributed by atoms with Gasteiger partial charge in [-0.1, -0.05) is 12.5 Å². The van der Waals surface area contributed by atoms with Crippen molar-refractivity contribution in [2.24, 2.45) is 5.41 Å². The Bertz CT molecular complexity index is 987. The highest BCUT2D eigenvalue weighted by Crippen LogP contribution is 2.39. The van der Waals surface area contributed by atoms with E-state index in [9.17, 15) is 14.0 Å². The van der Waals surface area contributed by atoms with Gasteiger partial charge in [0.15, 0.2) is 5.69 Å². The van der Waals surface area contributed by atoms with E-state index in [1.165, 1.54) is 12.1 Å². The third-order valence-electron chi connectivity index (χ3n) is 7.00. The highest BCUT2D eigenvalue weighted by molar-refractivity contribution is 5.95. The van der Waals surface area contributed by atoms with Gasteiger partial charge in [0, 0.05) is 48.4 Å². The van der Waals surface area contributed by atoms with Crippen LogP contribution in [0.15, 0.2) is 24.3 Å². The van der Waals surface area contributed by atoms with Crippen molar-refractivity contribution in [3.05, 3.63) is 52.6 Å². The predicted octanol–water partition coefficient (Wildman–Crippen LogP) is 3.20. The molecule has 2 saturated heterocycles. The highest BCUT2D eigenvalue weighted by atomic mass is 19.1. The first kappa shape index (κ1) is 19.3. The number of benzene rings is 1. The third kappa shape index (κ3) is 3.40. The van der Waals surface area contributed by atoms with Crippen molar-refractivity contribution in [3.63, 3.8) is 0 Å². The molecule has 3 aliphatic rings. The maximum Gasteiger partial charge on any atom is 0.274 e. The Kier molecular flexibility index (Phi) is 4.83. The Morgan fingerprint density at radius 1 is 1.00 bits per heavy atom. The summed E-state index contributed by atoms with van der Waals surface area (Å²) in [6.45, 7) is 2.65. The first-order valence-electron chi connectivity index (χ1n) is 10.9. The molecule has 3 heterocycles. The summed E-state index contributed by atoms with van der Waals surface area (Å²) >= 11 is 0. The lowest BCUT2D eigenvalue weighted by Gasteiger charge is -2.32. The fourth-order valence-electron chi connectivity index (χ4n) is 5.43. The smallest absolute Gasteiger partial charge is 0.274 e. The van der Waals surface area contributed by atoms with E-state index in [-0.39, 0.29) is 17.2 Å². The van der Waals surface area contributed by atoms with Crippen molar-refractivity contribution in [2.75, 3.05) is 26.2 Å². The second-order valence-electron chi connectivity index (χ2n) is 9.05. The summed E-state index contributed by atoms with van der Waals surface area (Å²) in [5.74, 6) is -0.503. The molecule has 158 valence electrons. The van der Waals surface area contributed by atoms with E-state index in [1.807, 2.05) is 9.80 Å². The molecule has 7 heteroatoms. The monoisotopic (exact) mass is 410 g/mol. The lowest BCUT2D eigenvalue weighted by molar-refractivity contribution is 0.0662. The van der Waals surface area contributed by atoms with E-state index in [2.05, 4.69) is 10.2 Å². The van der Waals surface area contributed by atoms with E-state index >= 15 is 0 Å². The molecule has 2 aliphatic heterocycles. The second kappa shape index (κ2) is 7.52. The molecule has 1 atom stereocenters. The summed E-state index contributed by atoms with van der Waals surface area (Å²) in [6.07, 6.45) is 6.85. The van der Waals surface area contributed by atoms with E-state index in [4.69, 9.17) is 0 Å². The van der Waals surface area contributed by atoms with Crippen molar-refractivity contribution < 1.29 is 14.0 Å². The van der Waals surface area contributed by atoms with Gasteiger partial charge in [0.2, 0.25) is 0 Å². The quantitative estimate of drug-likeness (QED) is 0.827. The van der Waals surface area contributed by atoms with Crippen LogP contribution in [0.25, 0.3) is 0 Å². The Hall–Kier alpha value is -2.70. The molecular weight excluding hydrogens is 383 g/mol. The first-order chi connectivity index (χ1) is 14.5. The molecule has 0 radical (unpaired) electrons. The first-order valence-corrected chi connectivity index (χ1v) is 10.9. The Labute approximate surface area is 175 Å². The van der Waals surface area contributed by atoms with Crippen LogP contribution in [0, 0.1) is 11.2 Å². The third-order valence-corrected chi connectivity index (χ3v) is 7.00. The van der Waals surface area contributed by atoms with Crippen LogP contribution in [0.5, 0.6) is 0 Å². The average molecular weight is 410 g/mol. The minimum atomic E-state index is -0.396. The molecule has 6 nitrogen and oxygen atoms in total. The molecule has 30 heavy (non-hydrogen) atoms. The number of carbonyl (C=O) groups excluding carboxylic acids is 2. The zero-order chi connectivity index (χ0) is 20.7. The van der Waals surface area contributed by atoms with Gasteiger partial charge in [-0.25, -0.2) is 4.39 Å². The Morgan fingerprint density at radius 2 is 1.83 bits per heavy atom. The largest absolute Gasteiger partial charge is 0.338 e. The zero-order valence-corrected chi connectivity index (χ0v) is 17.1. The maximum absolute atomic E-state index is 13.6. The van der Waals surface area contributed by atoms with Crippen LogP contribution in [0.4, 0.5) is 4.39 Å². The number of likely N-dealkylation sites (tertiary alicyclic amines) is 2. The highest BCUT2D eigenvalue weighted by Gasteiger charge is 2.43. The number of nitrogens with zero attached hydrogens (tertiary/aromatic N) is 3. The van der Waals surface area contributed by atoms with Crippen molar-refractivity contribution in [1.29, 1.82) is 0 Å².